The van der Waals surface area contributed by atoms with Crippen molar-refractivity contribution in [3.63, 3.8) is 0 Å². The number of hydrogen-bond donors (Lipinski definition) is 0. The van der Waals surface area contributed by atoms with Crippen LogP contribution in [-0.2, 0) is 0 Å². The first-order valence-corrected chi connectivity index (χ1v) is 6.45. The van der Waals surface area contributed by atoms with E-state index in [9.17, 15) is 13.6 Å². The van der Waals surface area contributed by atoms with Gasteiger partial charge in [-0.3, -0.25) is 0 Å². The van der Waals surface area contributed by atoms with E-state index in [1.54, 1.807) is 0 Å². The maximum Gasteiger partial charge on any atom is 0.356 e. The number of carbonyl (C=O) groups excluding carboxylic acids is 1. The first-order chi connectivity index (χ1) is 7.87. The molecule has 0 spiro atoms. The number of alkyl halides is 3. The molecule has 0 saturated carbocycles. The molecule has 1 amide bonds. The Bertz CT molecular complexity index is 391. The summed E-state index contributed by atoms with van der Waals surface area (Å²) in [4.78, 5) is 16.9. The molecule has 17 heavy (non-hydrogen) atoms. The molecule has 96 valence electrons. The van der Waals surface area contributed by atoms with Gasteiger partial charge in [-0.05, 0) is 13.8 Å². The molecule has 0 radical (unpaired) electrons. The normalized spacial score (nSPS) is 11.6. The third kappa shape index (κ3) is 4.23. The minimum atomic E-state index is -3.14. The number of amides is 1. The van der Waals surface area contributed by atoms with Gasteiger partial charge in [0.15, 0.2) is 0 Å². The van der Waals surface area contributed by atoms with Gasteiger partial charge in [-0.2, -0.15) is 13.5 Å². The van der Waals surface area contributed by atoms with Crippen LogP contribution < -0.4 is 0 Å². The lowest BCUT2D eigenvalue weighted by Crippen LogP contribution is -2.34. The van der Waals surface area contributed by atoms with Gasteiger partial charge in [0.1, 0.15) is 6.33 Å². The fourth-order valence-corrected chi connectivity index (χ4v) is 2.00. The summed E-state index contributed by atoms with van der Waals surface area (Å²) in [6, 6.07) is -0.382. The maximum atomic E-state index is 12.6. The average molecular weight is 329 g/mol. The third-order valence-electron chi connectivity index (χ3n) is 1.91. The Morgan fingerprint density at radius 2 is 2.18 bits per heavy atom. The van der Waals surface area contributed by atoms with E-state index in [0.717, 1.165) is 11.0 Å². The van der Waals surface area contributed by atoms with Crippen molar-refractivity contribution in [2.75, 3.05) is 13.1 Å². The van der Waals surface area contributed by atoms with Crippen molar-refractivity contribution >= 4 is 33.7 Å². The van der Waals surface area contributed by atoms with Crippen LogP contribution in [0.15, 0.2) is 11.5 Å². The van der Waals surface area contributed by atoms with Crippen molar-refractivity contribution in [3.05, 3.63) is 6.33 Å². The molecule has 0 unspecified atom stereocenters. The average Bonchev–Trinajstić information content (AvgIpc) is 2.65. The van der Waals surface area contributed by atoms with Crippen LogP contribution in [0, 0.1) is 0 Å². The highest BCUT2D eigenvalue weighted by Crippen LogP contribution is 2.38. The van der Waals surface area contributed by atoms with Crippen LogP contribution in [0.1, 0.15) is 13.8 Å². The lowest BCUT2D eigenvalue weighted by molar-refractivity contribution is 0.201. The summed E-state index contributed by atoms with van der Waals surface area (Å²) in [6.07, 6.45) is 1.13. The zero-order valence-electron chi connectivity index (χ0n) is 9.23. The number of carbonyl (C=O) groups is 1. The van der Waals surface area contributed by atoms with E-state index in [2.05, 4.69) is 26.0 Å². The zero-order chi connectivity index (χ0) is 13.1. The van der Waals surface area contributed by atoms with Crippen LogP contribution in [-0.4, -0.2) is 42.9 Å². The predicted molar refractivity (Wildman–Crippen MR) is 63.5 cm³/mol. The Morgan fingerprint density at radius 1 is 1.59 bits per heavy atom. The number of rotatable bonds is 4. The molecule has 0 aliphatic rings. The summed E-state index contributed by atoms with van der Waals surface area (Å²) in [7, 11) is 0. The molecule has 5 nitrogen and oxygen atoms in total. The van der Waals surface area contributed by atoms with Crippen molar-refractivity contribution in [1.82, 2.24) is 19.7 Å². The van der Waals surface area contributed by atoms with Crippen molar-refractivity contribution in [2.24, 2.45) is 0 Å². The predicted octanol–water partition coefficient (Wildman–Crippen LogP) is 2.63. The van der Waals surface area contributed by atoms with Crippen LogP contribution in [0.25, 0.3) is 0 Å². The van der Waals surface area contributed by atoms with Gasteiger partial charge < -0.3 is 4.90 Å². The van der Waals surface area contributed by atoms with Gasteiger partial charge >= 0.3 is 10.2 Å². The molecule has 1 heterocycles. The van der Waals surface area contributed by atoms with Crippen LogP contribution in [0.5, 0.6) is 0 Å². The molecule has 0 fully saturated rings. The van der Waals surface area contributed by atoms with Gasteiger partial charge in [-0.15, -0.1) is 5.10 Å². The SMILES string of the molecule is CCN(CC)C(=O)n1cnc(SC(F)(F)Br)n1. The van der Waals surface area contributed by atoms with Crippen molar-refractivity contribution in [2.45, 2.75) is 23.2 Å². The third-order valence-corrected chi connectivity index (χ3v) is 2.99. The van der Waals surface area contributed by atoms with Crippen LogP contribution in [0.4, 0.5) is 13.6 Å². The molecule has 0 bridgehead atoms. The minimum Gasteiger partial charge on any atom is -0.323 e. The van der Waals surface area contributed by atoms with E-state index in [0.29, 0.717) is 13.1 Å². The van der Waals surface area contributed by atoms with E-state index in [1.165, 1.54) is 4.90 Å². The van der Waals surface area contributed by atoms with E-state index in [-0.39, 0.29) is 22.9 Å². The molecule has 1 aromatic heterocycles. The second-order valence-corrected chi connectivity index (χ2v) is 5.58. The fourth-order valence-electron chi connectivity index (χ4n) is 1.13. The Kier molecular flexibility index (Phi) is 4.87. The summed E-state index contributed by atoms with van der Waals surface area (Å²) in [5.74, 6) is 0. The van der Waals surface area contributed by atoms with Gasteiger partial charge in [0, 0.05) is 40.8 Å². The van der Waals surface area contributed by atoms with Crippen molar-refractivity contribution < 1.29 is 13.6 Å². The summed E-state index contributed by atoms with van der Waals surface area (Å²) in [5, 5.41) is 3.52. The number of halogens is 3. The Labute approximate surface area is 110 Å². The quantitative estimate of drug-likeness (QED) is 0.629. The standard InChI is InChI=1S/C8H11BrF2N4OS/c1-3-14(4-2)7(16)15-5-12-6(13-15)17-8(9,10)11/h5H,3-4H2,1-2H3. The highest BCUT2D eigenvalue weighted by Gasteiger charge is 2.28. The topological polar surface area (TPSA) is 51.0 Å². The molecule has 0 atom stereocenters. The smallest absolute Gasteiger partial charge is 0.323 e. The van der Waals surface area contributed by atoms with E-state index < -0.39 is 4.16 Å². The molecule has 1 aromatic rings. The molecule has 0 aliphatic heterocycles. The molecule has 0 aromatic carbocycles. The Hall–Kier alpha value is -0.700. The molecular formula is C8H11BrF2N4OS. The highest BCUT2D eigenvalue weighted by molar-refractivity contribution is 9.11. The van der Waals surface area contributed by atoms with E-state index in [1.807, 2.05) is 13.8 Å². The van der Waals surface area contributed by atoms with Crippen molar-refractivity contribution in [3.8, 4) is 0 Å². The lowest BCUT2D eigenvalue weighted by atomic mass is 10.5. The van der Waals surface area contributed by atoms with Crippen LogP contribution >= 0.6 is 27.7 Å². The summed E-state index contributed by atoms with van der Waals surface area (Å²) >= 11 is 2.30. The second-order valence-electron chi connectivity index (χ2n) is 2.97. The minimum absolute atomic E-state index is 0.135. The molecular weight excluding hydrogens is 318 g/mol. The molecule has 0 aliphatic carbocycles. The summed E-state index contributed by atoms with van der Waals surface area (Å²) < 4.78 is 23.0. The van der Waals surface area contributed by atoms with Gasteiger partial charge in [-0.25, -0.2) is 9.78 Å². The number of hydrogen-bond acceptors (Lipinski definition) is 4. The second kappa shape index (κ2) is 5.76. The lowest BCUT2D eigenvalue weighted by Gasteiger charge is -2.17. The van der Waals surface area contributed by atoms with Gasteiger partial charge in [0.05, 0.1) is 0 Å². The molecule has 9 heteroatoms. The highest BCUT2D eigenvalue weighted by atomic mass is 79.9. The molecule has 0 saturated heterocycles. The Balaban J connectivity index is 2.77. The van der Waals surface area contributed by atoms with Gasteiger partial charge in [0.2, 0.25) is 5.16 Å². The Morgan fingerprint density at radius 3 is 2.65 bits per heavy atom. The summed E-state index contributed by atoms with van der Waals surface area (Å²) in [5.41, 5.74) is 0. The number of thioether (sulfide) groups is 1. The van der Waals surface area contributed by atoms with Crippen molar-refractivity contribution in [1.29, 1.82) is 0 Å². The first kappa shape index (κ1) is 14.4. The summed E-state index contributed by atoms with van der Waals surface area (Å²) in [6.45, 7) is 4.68. The zero-order valence-corrected chi connectivity index (χ0v) is 11.6. The van der Waals surface area contributed by atoms with Gasteiger partial charge in [0.25, 0.3) is 0 Å². The largest absolute Gasteiger partial charge is 0.356 e. The molecule has 0 N–H and O–H groups in total. The van der Waals surface area contributed by atoms with E-state index >= 15 is 0 Å². The first-order valence-electron chi connectivity index (χ1n) is 4.84. The number of nitrogens with zero attached hydrogens (tertiary/aromatic N) is 4. The van der Waals surface area contributed by atoms with Crippen LogP contribution in [0.2, 0.25) is 0 Å². The monoisotopic (exact) mass is 328 g/mol. The molecule has 1 rings (SSSR count). The maximum absolute atomic E-state index is 12.6. The van der Waals surface area contributed by atoms with Gasteiger partial charge in [-0.1, -0.05) is 0 Å². The van der Waals surface area contributed by atoms with Crippen LogP contribution in [0.3, 0.4) is 0 Å². The number of aromatic nitrogens is 3. The fraction of sp³-hybridized carbons (Fsp3) is 0.625. The van der Waals surface area contributed by atoms with E-state index in [4.69, 9.17) is 0 Å².